The Morgan fingerprint density at radius 1 is 1.04 bits per heavy atom. The lowest BCUT2D eigenvalue weighted by Crippen LogP contribution is -2.12. The van der Waals surface area contributed by atoms with Gasteiger partial charge in [-0.1, -0.05) is 36.4 Å². The van der Waals surface area contributed by atoms with Gasteiger partial charge in [-0.15, -0.1) is 11.3 Å². The number of thiophene rings is 1. The predicted octanol–water partition coefficient (Wildman–Crippen LogP) is 4.62. The summed E-state index contributed by atoms with van der Waals surface area (Å²) in [5.74, 6) is 0.573. The summed E-state index contributed by atoms with van der Waals surface area (Å²) < 4.78 is 1.90. The third-order valence-corrected chi connectivity index (χ3v) is 4.77. The lowest BCUT2D eigenvalue weighted by molar-refractivity contribution is 0.103. The van der Waals surface area contributed by atoms with Gasteiger partial charge >= 0.3 is 0 Å². The third-order valence-electron chi connectivity index (χ3n) is 3.77. The van der Waals surface area contributed by atoms with Gasteiger partial charge in [-0.05, 0) is 31.2 Å². The fraction of sp³-hybridized carbons (Fsp3) is 0.0526. The van der Waals surface area contributed by atoms with Crippen molar-refractivity contribution in [2.24, 2.45) is 0 Å². The summed E-state index contributed by atoms with van der Waals surface area (Å²) >= 11 is 1.48. The number of imidazole rings is 1. The van der Waals surface area contributed by atoms with Crippen molar-refractivity contribution in [3.63, 3.8) is 0 Å². The molecular formula is C19H15N3OS. The van der Waals surface area contributed by atoms with Crippen molar-refractivity contribution in [2.45, 2.75) is 6.92 Å². The van der Waals surface area contributed by atoms with Crippen LogP contribution < -0.4 is 5.32 Å². The predicted molar refractivity (Wildman–Crippen MR) is 97.6 cm³/mol. The zero-order chi connectivity index (χ0) is 16.5. The Balaban J connectivity index is 1.82. The lowest BCUT2D eigenvalue weighted by Gasteiger charge is -2.06. The van der Waals surface area contributed by atoms with Gasteiger partial charge in [-0.25, -0.2) is 4.98 Å². The van der Waals surface area contributed by atoms with Crippen molar-refractivity contribution in [1.82, 2.24) is 9.38 Å². The summed E-state index contributed by atoms with van der Waals surface area (Å²) in [7, 11) is 0. The first-order valence-corrected chi connectivity index (χ1v) is 8.44. The first kappa shape index (κ1) is 14.7. The molecule has 0 unspecified atom stereocenters. The van der Waals surface area contributed by atoms with Gasteiger partial charge in [0.15, 0.2) is 0 Å². The fourth-order valence-corrected chi connectivity index (χ4v) is 3.40. The number of hydrogen-bond acceptors (Lipinski definition) is 3. The molecule has 4 rings (SSSR count). The highest BCUT2D eigenvalue weighted by Gasteiger charge is 2.17. The second-order valence-corrected chi connectivity index (χ2v) is 6.76. The molecule has 0 atom stereocenters. The number of carbonyl (C=O) groups excluding carboxylic acids is 1. The highest BCUT2D eigenvalue weighted by Crippen LogP contribution is 2.29. The first-order valence-electron chi connectivity index (χ1n) is 7.63. The van der Waals surface area contributed by atoms with Crippen LogP contribution in [0.25, 0.3) is 16.9 Å². The maximum atomic E-state index is 12.6. The summed E-state index contributed by atoms with van der Waals surface area (Å²) in [4.78, 5) is 19.1. The van der Waals surface area contributed by atoms with Crippen LogP contribution in [-0.4, -0.2) is 15.3 Å². The zero-order valence-electron chi connectivity index (χ0n) is 13.1. The fourth-order valence-electron chi connectivity index (χ4n) is 2.64. The van der Waals surface area contributed by atoms with Crippen LogP contribution in [0.5, 0.6) is 0 Å². The number of hydrogen-bond donors (Lipinski definition) is 1. The monoisotopic (exact) mass is 333 g/mol. The van der Waals surface area contributed by atoms with Gasteiger partial charge in [0.05, 0.1) is 4.88 Å². The maximum absolute atomic E-state index is 12.6. The Morgan fingerprint density at radius 2 is 1.83 bits per heavy atom. The minimum Gasteiger partial charge on any atom is -0.305 e. The van der Waals surface area contributed by atoms with Gasteiger partial charge in [0.2, 0.25) is 0 Å². The molecule has 0 radical (unpaired) electrons. The van der Waals surface area contributed by atoms with E-state index in [0.717, 1.165) is 21.8 Å². The molecule has 5 heteroatoms. The highest BCUT2D eigenvalue weighted by molar-refractivity contribution is 7.14. The summed E-state index contributed by atoms with van der Waals surface area (Å²) in [6.07, 6.45) is 1.91. The number of carbonyl (C=O) groups is 1. The van der Waals surface area contributed by atoms with E-state index in [1.54, 1.807) is 0 Å². The molecule has 0 aliphatic carbocycles. The van der Waals surface area contributed by atoms with Crippen LogP contribution in [0.1, 0.15) is 14.5 Å². The molecule has 0 spiro atoms. The van der Waals surface area contributed by atoms with Crippen molar-refractivity contribution in [1.29, 1.82) is 0 Å². The highest BCUT2D eigenvalue weighted by atomic mass is 32.1. The minimum absolute atomic E-state index is 0.115. The van der Waals surface area contributed by atoms with E-state index in [1.807, 2.05) is 78.2 Å². The standard InChI is InChI=1S/C19H15N3OS/c1-13-10-11-15(24-13)19(23)21-18-17(14-7-3-2-4-8-14)20-16-9-5-6-12-22(16)18/h2-12H,1H3,(H,21,23). The van der Waals surface area contributed by atoms with E-state index in [0.29, 0.717) is 10.7 Å². The van der Waals surface area contributed by atoms with E-state index in [9.17, 15) is 4.79 Å². The molecule has 1 amide bonds. The van der Waals surface area contributed by atoms with Crippen molar-refractivity contribution in [3.05, 3.63) is 76.6 Å². The van der Waals surface area contributed by atoms with Crippen LogP contribution in [0.15, 0.2) is 66.9 Å². The topological polar surface area (TPSA) is 46.4 Å². The number of pyridine rings is 1. The van der Waals surface area contributed by atoms with Crippen molar-refractivity contribution < 1.29 is 4.79 Å². The molecule has 1 N–H and O–H groups in total. The van der Waals surface area contributed by atoms with E-state index in [4.69, 9.17) is 0 Å². The van der Waals surface area contributed by atoms with E-state index in [2.05, 4.69) is 10.3 Å². The van der Waals surface area contributed by atoms with Gasteiger partial charge < -0.3 is 5.32 Å². The van der Waals surface area contributed by atoms with E-state index >= 15 is 0 Å². The molecule has 0 bridgehead atoms. The quantitative estimate of drug-likeness (QED) is 0.594. The Morgan fingerprint density at radius 3 is 2.58 bits per heavy atom. The smallest absolute Gasteiger partial charge is 0.266 e. The molecule has 0 aliphatic heterocycles. The second kappa shape index (κ2) is 5.94. The third kappa shape index (κ3) is 2.59. The summed E-state index contributed by atoms with van der Waals surface area (Å²) in [6, 6.07) is 19.5. The largest absolute Gasteiger partial charge is 0.305 e. The minimum atomic E-state index is -0.115. The zero-order valence-corrected chi connectivity index (χ0v) is 13.9. The summed E-state index contributed by atoms with van der Waals surface area (Å²) in [6.45, 7) is 1.99. The van der Waals surface area contributed by atoms with Crippen LogP contribution in [0.3, 0.4) is 0 Å². The van der Waals surface area contributed by atoms with Crippen LogP contribution in [0.4, 0.5) is 5.82 Å². The Kier molecular flexibility index (Phi) is 3.63. The van der Waals surface area contributed by atoms with Gasteiger partial charge in [0, 0.05) is 16.6 Å². The molecule has 0 saturated carbocycles. The van der Waals surface area contributed by atoms with Crippen LogP contribution in [0.2, 0.25) is 0 Å². The molecule has 0 saturated heterocycles. The van der Waals surface area contributed by atoms with Crippen molar-refractivity contribution in [2.75, 3.05) is 5.32 Å². The average Bonchev–Trinajstić information content (AvgIpc) is 3.20. The van der Waals surface area contributed by atoms with E-state index in [-0.39, 0.29) is 5.91 Å². The first-order chi connectivity index (χ1) is 11.7. The van der Waals surface area contributed by atoms with Crippen LogP contribution >= 0.6 is 11.3 Å². The number of rotatable bonds is 3. The second-order valence-electron chi connectivity index (χ2n) is 5.47. The molecule has 3 aromatic heterocycles. The number of anilines is 1. The SMILES string of the molecule is Cc1ccc(C(=O)Nc2c(-c3ccccc3)nc3ccccn23)s1. The van der Waals surface area contributed by atoms with Gasteiger partial charge in [0.25, 0.3) is 5.91 Å². The molecule has 118 valence electrons. The molecule has 24 heavy (non-hydrogen) atoms. The van der Waals surface area contributed by atoms with Crippen LogP contribution in [-0.2, 0) is 0 Å². The Bertz CT molecular complexity index is 1020. The van der Waals surface area contributed by atoms with Crippen molar-refractivity contribution >= 4 is 28.7 Å². The molecule has 4 aromatic rings. The molecule has 4 nitrogen and oxygen atoms in total. The molecular weight excluding hydrogens is 318 g/mol. The van der Waals surface area contributed by atoms with Gasteiger partial charge in [-0.2, -0.15) is 0 Å². The van der Waals surface area contributed by atoms with Crippen LogP contribution in [0, 0.1) is 6.92 Å². The number of benzene rings is 1. The summed E-state index contributed by atoms with van der Waals surface area (Å²) in [5.41, 5.74) is 2.54. The number of nitrogens with zero attached hydrogens (tertiary/aromatic N) is 2. The van der Waals surface area contributed by atoms with Crippen molar-refractivity contribution in [3.8, 4) is 11.3 Å². The Labute approximate surface area is 143 Å². The molecule has 0 aliphatic rings. The number of aryl methyl sites for hydroxylation is 1. The number of nitrogens with one attached hydrogen (secondary N) is 1. The normalized spacial score (nSPS) is 10.9. The molecule has 1 aromatic carbocycles. The molecule has 3 heterocycles. The number of amides is 1. The average molecular weight is 333 g/mol. The van der Waals surface area contributed by atoms with E-state index in [1.165, 1.54) is 11.3 Å². The lowest BCUT2D eigenvalue weighted by atomic mass is 10.1. The molecule has 0 fully saturated rings. The number of aromatic nitrogens is 2. The maximum Gasteiger partial charge on any atom is 0.266 e. The summed E-state index contributed by atoms with van der Waals surface area (Å²) in [5, 5.41) is 3.03. The van der Waals surface area contributed by atoms with Gasteiger partial charge in [-0.3, -0.25) is 9.20 Å². The van der Waals surface area contributed by atoms with E-state index < -0.39 is 0 Å². The Hall–Kier alpha value is -2.92. The van der Waals surface area contributed by atoms with Gasteiger partial charge in [0.1, 0.15) is 17.2 Å². The number of fused-ring (bicyclic) bond motifs is 1.